The number of nitrogens with zero attached hydrogens (tertiary/aromatic N) is 1. The first-order chi connectivity index (χ1) is 13.4. The van der Waals surface area contributed by atoms with Gasteiger partial charge in [0.1, 0.15) is 5.82 Å². The molecule has 0 radical (unpaired) electrons. The fourth-order valence-electron chi connectivity index (χ4n) is 6.94. The fraction of sp³-hybridized carbons (Fsp3) is 0.682. The molecule has 1 aromatic carbocycles. The molecule has 28 heavy (non-hydrogen) atoms. The molecule has 4 bridgehead atoms. The van der Waals surface area contributed by atoms with Gasteiger partial charge in [-0.1, -0.05) is 18.2 Å². The zero-order chi connectivity index (χ0) is 19.5. The summed E-state index contributed by atoms with van der Waals surface area (Å²) < 4.78 is 40.0. The highest BCUT2D eigenvalue weighted by Crippen LogP contribution is 2.60. The Bertz CT molecular complexity index is 862. The first kappa shape index (κ1) is 18.6. The minimum atomic E-state index is -3.49. The number of carbonyl (C=O) groups is 1. The summed E-state index contributed by atoms with van der Waals surface area (Å²) in [5.41, 5.74) is -0.0114. The van der Waals surface area contributed by atoms with Crippen molar-refractivity contribution in [3.05, 3.63) is 35.6 Å². The Morgan fingerprint density at radius 2 is 1.61 bits per heavy atom. The maximum absolute atomic E-state index is 14.3. The predicted octanol–water partition coefficient (Wildman–Crippen LogP) is 3.73. The van der Waals surface area contributed by atoms with Crippen LogP contribution in [0.1, 0.15) is 55.8 Å². The molecule has 1 heterocycles. The number of carbonyl (C=O) groups excluding carboxylic acids is 1. The van der Waals surface area contributed by atoms with Crippen molar-refractivity contribution in [2.45, 2.75) is 50.2 Å². The first-order valence-corrected chi connectivity index (χ1v) is 12.3. The van der Waals surface area contributed by atoms with Crippen molar-refractivity contribution in [3.63, 3.8) is 0 Å². The van der Waals surface area contributed by atoms with Crippen LogP contribution in [0.3, 0.4) is 0 Å². The summed E-state index contributed by atoms with van der Waals surface area (Å²) in [5.74, 6) is 1.66. The molecule has 0 spiro atoms. The van der Waals surface area contributed by atoms with Crippen molar-refractivity contribution in [2.75, 3.05) is 18.8 Å². The third-order valence-corrected chi connectivity index (χ3v) is 9.88. The second kappa shape index (κ2) is 6.54. The van der Waals surface area contributed by atoms with Gasteiger partial charge in [-0.15, -0.1) is 0 Å². The molecule has 0 aromatic heterocycles. The zero-order valence-electron chi connectivity index (χ0n) is 16.1. The molecule has 6 rings (SSSR count). The molecule has 5 aliphatic rings. The van der Waals surface area contributed by atoms with Crippen molar-refractivity contribution >= 4 is 15.7 Å². The molecule has 4 nitrogen and oxygen atoms in total. The molecule has 4 aliphatic carbocycles. The van der Waals surface area contributed by atoms with Crippen LogP contribution in [0, 0.1) is 29.0 Å². The van der Waals surface area contributed by atoms with Gasteiger partial charge in [0.15, 0.2) is 9.84 Å². The number of sulfone groups is 1. The van der Waals surface area contributed by atoms with Gasteiger partial charge < -0.3 is 4.90 Å². The van der Waals surface area contributed by atoms with Crippen LogP contribution in [0.15, 0.2) is 24.3 Å². The average molecular weight is 406 g/mol. The van der Waals surface area contributed by atoms with Crippen molar-refractivity contribution < 1.29 is 17.6 Å². The Kier molecular flexibility index (Phi) is 4.34. The molecule has 1 amide bonds. The van der Waals surface area contributed by atoms with Crippen LogP contribution in [-0.2, 0) is 14.6 Å². The van der Waals surface area contributed by atoms with Gasteiger partial charge in [0.05, 0.1) is 16.4 Å². The molecule has 0 N–H and O–H groups in total. The molecule has 1 atom stereocenters. The average Bonchev–Trinajstić information content (AvgIpc) is 2.79. The monoisotopic (exact) mass is 405 g/mol. The molecule has 1 aromatic rings. The van der Waals surface area contributed by atoms with E-state index in [4.69, 9.17) is 0 Å². The molecule has 152 valence electrons. The number of hydrogen-bond acceptors (Lipinski definition) is 3. The van der Waals surface area contributed by atoms with Gasteiger partial charge in [-0.25, -0.2) is 12.8 Å². The highest BCUT2D eigenvalue weighted by molar-refractivity contribution is 7.91. The minimum Gasteiger partial charge on any atom is -0.341 e. The van der Waals surface area contributed by atoms with E-state index in [1.807, 2.05) is 0 Å². The summed E-state index contributed by atoms with van der Waals surface area (Å²) in [4.78, 5) is 15.4. The molecular weight excluding hydrogens is 377 g/mol. The van der Waals surface area contributed by atoms with E-state index in [-0.39, 0.29) is 35.6 Å². The van der Waals surface area contributed by atoms with Gasteiger partial charge in [-0.05, 0) is 68.8 Å². The number of rotatable bonds is 2. The third kappa shape index (κ3) is 2.99. The largest absolute Gasteiger partial charge is 0.341 e. The lowest BCUT2D eigenvalue weighted by Gasteiger charge is -2.56. The Hall–Kier alpha value is -1.43. The van der Waals surface area contributed by atoms with Gasteiger partial charge in [0.2, 0.25) is 5.91 Å². The van der Waals surface area contributed by atoms with E-state index in [1.165, 1.54) is 25.3 Å². The predicted molar refractivity (Wildman–Crippen MR) is 105 cm³/mol. The van der Waals surface area contributed by atoms with Gasteiger partial charge in [-0.3, -0.25) is 4.79 Å². The lowest BCUT2D eigenvalue weighted by Crippen LogP contribution is -2.55. The van der Waals surface area contributed by atoms with E-state index >= 15 is 0 Å². The van der Waals surface area contributed by atoms with Crippen LogP contribution in [0.5, 0.6) is 0 Å². The van der Waals surface area contributed by atoms with Gasteiger partial charge in [-0.2, -0.15) is 0 Å². The summed E-state index contributed by atoms with van der Waals surface area (Å²) in [7, 11) is -3.49. The van der Waals surface area contributed by atoms with E-state index in [0.717, 1.165) is 19.3 Å². The molecular formula is C22H28FNO3S. The quantitative estimate of drug-likeness (QED) is 0.753. The minimum absolute atomic E-state index is 0.0793. The maximum Gasteiger partial charge on any atom is 0.228 e. The number of hydrogen-bond donors (Lipinski definition) is 0. The van der Waals surface area contributed by atoms with Crippen LogP contribution >= 0.6 is 0 Å². The van der Waals surface area contributed by atoms with Crippen LogP contribution in [0.4, 0.5) is 4.39 Å². The molecule has 1 unspecified atom stereocenters. The Morgan fingerprint density at radius 3 is 2.21 bits per heavy atom. The highest BCUT2D eigenvalue weighted by Gasteiger charge is 2.55. The molecule has 4 saturated carbocycles. The van der Waals surface area contributed by atoms with E-state index in [9.17, 15) is 17.6 Å². The number of benzene rings is 1. The Morgan fingerprint density at radius 1 is 1.00 bits per heavy atom. The molecule has 6 heteroatoms. The van der Waals surface area contributed by atoms with Crippen LogP contribution in [-0.4, -0.2) is 38.1 Å². The molecule has 1 saturated heterocycles. The first-order valence-electron chi connectivity index (χ1n) is 10.6. The van der Waals surface area contributed by atoms with Gasteiger partial charge in [0, 0.05) is 18.7 Å². The van der Waals surface area contributed by atoms with Crippen molar-refractivity contribution in [3.8, 4) is 0 Å². The van der Waals surface area contributed by atoms with E-state index in [1.54, 1.807) is 23.1 Å². The van der Waals surface area contributed by atoms with Crippen LogP contribution < -0.4 is 0 Å². The summed E-state index contributed by atoms with van der Waals surface area (Å²) in [6.45, 7) is 0.646. The Balaban J connectivity index is 1.38. The highest BCUT2D eigenvalue weighted by atomic mass is 32.2. The summed E-state index contributed by atoms with van der Waals surface area (Å²) >= 11 is 0. The second-order valence-electron chi connectivity index (χ2n) is 9.66. The normalized spacial score (nSPS) is 39.0. The number of halogens is 1. The van der Waals surface area contributed by atoms with E-state index in [0.29, 0.717) is 24.3 Å². The zero-order valence-corrected chi connectivity index (χ0v) is 17.0. The van der Waals surface area contributed by atoms with Crippen molar-refractivity contribution in [1.29, 1.82) is 0 Å². The third-order valence-electron chi connectivity index (χ3n) is 7.77. The second-order valence-corrected chi connectivity index (χ2v) is 12.0. The molecule has 1 aliphatic heterocycles. The van der Waals surface area contributed by atoms with E-state index < -0.39 is 20.9 Å². The SMILES string of the molecule is O=C(N1CCC(c2ccccc2F)S(=O)(=O)CC1)C12CC3CC(CC(C3)C1)C2. The van der Waals surface area contributed by atoms with Crippen molar-refractivity contribution in [2.24, 2.45) is 23.2 Å². The summed E-state index contributed by atoms with van der Waals surface area (Å²) in [6, 6.07) is 6.13. The van der Waals surface area contributed by atoms with Crippen LogP contribution in [0.2, 0.25) is 0 Å². The van der Waals surface area contributed by atoms with Crippen molar-refractivity contribution in [1.82, 2.24) is 4.90 Å². The standard InChI is InChI=1S/C22H28FNO3S/c23-19-4-2-1-3-18(19)20-5-6-24(7-8-28(20,26)27)21(25)22-12-15-9-16(13-22)11-17(10-15)14-22/h1-4,15-17,20H,5-14H2. The summed E-state index contributed by atoms with van der Waals surface area (Å²) in [6.07, 6.45) is 7.05. The fourth-order valence-corrected chi connectivity index (χ4v) is 8.74. The maximum atomic E-state index is 14.3. The number of amides is 1. The van der Waals surface area contributed by atoms with Gasteiger partial charge >= 0.3 is 0 Å². The molecule has 5 fully saturated rings. The van der Waals surface area contributed by atoms with E-state index in [2.05, 4.69) is 0 Å². The lowest BCUT2D eigenvalue weighted by molar-refractivity contribution is -0.157. The lowest BCUT2D eigenvalue weighted by atomic mass is 9.49. The Labute approximate surface area is 166 Å². The topological polar surface area (TPSA) is 54.5 Å². The smallest absolute Gasteiger partial charge is 0.228 e. The van der Waals surface area contributed by atoms with Crippen LogP contribution in [0.25, 0.3) is 0 Å². The summed E-state index contributed by atoms with van der Waals surface area (Å²) in [5, 5.41) is -0.858. The van der Waals surface area contributed by atoms with Gasteiger partial charge in [0.25, 0.3) is 0 Å².